The highest BCUT2D eigenvalue weighted by Gasteiger charge is 2.23. The molecule has 114 valence electrons. The molecule has 2 rings (SSSR count). The van der Waals surface area contributed by atoms with Crippen LogP contribution in [0.4, 0.5) is 0 Å². The third kappa shape index (κ3) is 4.34. The molecule has 20 heavy (non-hydrogen) atoms. The van der Waals surface area contributed by atoms with E-state index in [1.807, 2.05) is 12.5 Å². The Kier molecular flexibility index (Phi) is 5.25. The topological polar surface area (TPSA) is 29.9 Å². The Labute approximate surface area is 124 Å². The van der Waals surface area contributed by atoms with Gasteiger partial charge in [0.25, 0.3) is 0 Å². The van der Waals surface area contributed by atoms with Gasteiger partial charge in [0.1, 0.15) is 0 Å². The van der Waals surface area contributed by atoms with Crippen LogP contribution in [-0.4, -0.2) is 15.1 Å². The van der Waals surface area contributed by atoms with Crippen molar-refractivity contribution < 1.29 is 0 Å². The average molecular weight is 277 g/mol. The average Bonchev–Trinajstić information content (AvgIpc) is 2.85. The zero-order valence-corrected chi connectivity index (χ0v) is 13.7. The van der Waals surface area contributed by atoms with Crippen molar-refractivity contribution >= 4 is 0 Å². The molecule has 1 aromatic rings. The number of nitrogens with zero attached hydrogens (tertiary/aromatic N) is 2. The zero-order chi connectivity index (χ0) is 14.6. The van der Waals surface area contributed by atoms with Crippen LogP contribution in [0.2, 0.25) is 0 Å². The first kappa shape index (κ1) is 15.6. The lowest BCUT2D eigenvalue weighted by atomic mass is 9.83. The molecule has 1 aliphatic rings. The largest absolute Gasteiger partial charge is 0.330 e. The summed E-state index contributed by atoms with van der Waals surface area (Å²) in [7, 11) is 0. The molecule has 0 bridgehead atoms. The fourth-order valence-electron chi connectivity index (χ4n) is 3.27. The highest BCUT2D eigenvalue weighted by atomic mass is 15.1. The third-order valence-electron chi connectivity index (χ3n) is 4.45. The molecule has 0 radical (unpaired) electrons. The smallest absolute Gasteiger partial charge is 0.0951 e. The van der Waals surface area contributed by atoms with Gasteiger partial charge in [-0.2, -0.15) is 0 Å². The molecule has 1 heterocycles. The summed E-state index contributed by atoms with van der Waals surface area (Å²) >= 11 is 0. The van der Waals surface area contributed by atoms with Crippen LogP contribution in [0.15, 0.2) is 12.5 Å². The summed E-state index contributed by atoms with van der Waals surface area (Å²) < 4.78 is 2.42. The molecule has 1 aromatic heterocycles. The minimum absolute atomic E-state index is 0.161. The van der Waals surface area contributed by atoms with E-state index in [0.29, 0.717) is 6.04 Å². The molecular weight excluding hydrogens is 246 g/mol. The Balaban J connectivity index is 1.92. The van der Waals surface area contributed by atoms with Crippen LogP contribution in [0, 0.1) is 5.92 Å². The van der Waals surface area contributed by atoms with Crippen molar-refractivity contribution in [2.24, 2.45) is 5.92 Å². The van der Waals surface area contributed by atoms with E-state index in [4.69, 9.17) is 0 Å². The van der Waals surface area contributed by atoms with E-state index in [1.165, 1.54) is 44.2 Å². The normalized spacial score (nSPS) is 24.0. The first-order chi connectivity index (χ1) is 9.49. The summed E-state index contributed by atoms with van der Waals surface area (Å²) in [5.74, 6) is 0.968. The van der Waals surface area contributed by atoms with E-state index < -0.39 is 0 Å². The number of rotatable bonds is 5. The van der Waals surface area contributed by atoms with Crippen molar-refractivity contribution in [2.45, 2.75) is 84.3 Å². The van der Waals surface area contributed by atoms with E-state index in [-0.39, 0.29) is 5.54 Å². The van der Waals surface area contributed by atoms with Crippen LogP contribution >= 0.6 is 0 Å². The maximum absolute atomic E-state index is 4.38. The van der Waals surface area contributed by atoms with Gasteiger partial charge >= 0.3 is 0 Å². The van der Waals surface area contributed by atoms with Gasteiger partial charge in [-0.25, -0.2) is 4.98 Å². The minimum Gasteiger partial charge on any atom is -0.330 e. The summed E-state index contributed by atoms with van der Waals surface area (Å²) in [6.45, 7) is 9.85. The second kappa shape index (κ2) is 6.75. The predicted molar refractivity (Wildman–Crippen MR) is 84.7 cm³/mol. The van der Waals surface area contributed by atoms with Crippen molar-refractivity contribution in [1.82, 2.24) is 14.9 Å². The van der Waals surface area contributed by atoms with Crippen molar-refractivity contribution in [2.75, 3.05) is 0 Å². The fraction of sp³-hybridized carbons (Fsp3) is 0.824. The van der Waals surface area contributed by atoms with Crippen molar-refractivity contribution in [1.29, 1.82) is 0 Å². The molecule has 0 spiro atoms. The quantitative estimate of drug-likeness (QED) is 0.869. The van der Waals surface area contributed by atoms with E-state index in [2.05, 4.69) is 42.6 Å². The SMILES string of the molecule is CCCC1CCC(n2cncc2CNC(C)(C)C)CC1. The molecule has 1 saturated carbocycles. The van der Waals surface area contributed by atoms with E-state index in [0.717, 1.165) is 12.5 Å². The maximum Gasteiger partial charge on any atom is 0.0951 e. The summed E-state index contributed by atoms with van der Waals surface area (Å²) in [6, 6.07) is 0.669. The van der Waals surface area contributed by atoms with Crippen molar-refractivity contribution in [3.63, 3.8) is 0 Å². The fourth-order valence-corrected chi connectivity index (χ4v) is 3.27. The van der Waals surface area contributed by atoms with Gasteiger partial charge in [0.05, 0.1) is 12.0 Å². The van der Waals surface area contributed by atoms with Gasteiger partial charge < -0.3 is 9.88 Å². The number of aromatic nitrogens is 2. The van der Waals surface area contributed by atoms with E-state index in [9.17, 15) is 0 Å². The lowest BCUT2D eigenvalue weighted by Gasteiger charge is -2.30. The molecule has 0 aromatic carbocycles. The van der Waals surface area contributed by atoms with Crippen LogP contribution in [0.5, 0.6) is 0 Å². The van der Waals surface area contributed by atoms with Gasteiger partial charge in [-0.05, 0) is 52.4 Å². The monoisotopic (exact) mass is 277 g/mol. The highest BCUT2D eigenvalue weighted by Crippen LogP contribution is 2.34. The minimum atomic E-state index is 0.161. The van der Waals surface area contributed by atoms with Crippen LogP contribution in [0.1, 0.15) is 78.0 Å². The summed E-state index contributed by atoms with van der Waals surface area (Å²) in [6.07, 6.45) is 12.2. The molecule has 3 nitrogen and oxygen atoms in total. The van der Waals surface area contributed by atoms with E-state index in [1.54, 1.807) is 0 Å². The van der Waals surface area contributed by atoms with Gasteiger partial charge in [-0.1, -0.05) is 19.8 Å². The molecule has 0 amide bonds. The third-order valence-corrected chi connectivity index (χ3v) is 4.45. The number of hydrogen-bond donors (Lipinski definition) is 1. The summed E-state index contributed by atoms with van der Waals surface area (Å²) in [5, 5.41) is 3.57. The molecule has 1 aliphatic carbocycles. The van der Waals surface area contributed by atoms with Crippen LogP contribution in [0.25, 0.3) is 0 Å². The van der Waals surface area contributed by atoms with Crippen LogP contribution in [-0.2, 0) is 6.54 Å². The van der Waals surface area contributed by atoms with Gasteiger partial charge in [0, 0.05) is 24.3 Å². The second-order valence-electron chi connectivity index (χ2n) is 7.36. The molecular formula is C17H31N3. The lowest BCUT2D eigenvalue weighted by molar-refractivity contribution is 0.257. The highest BCUT2D eigenvalue weighted by molar-refractivity contribution is 5.01. The Bertz CT molecular complexity index is 395. The molecule has 3 heteroatoms. The Morgan fingerprint density at radius 2 is 1.95 bits per heavy atom. The van der Waals surface area contributed by atoms with Crippen LogP contribution < -0.4 is 5.32 Å². The number of imidazole rings is 1. The number of hydrogen-bond acceptors (Lipinski definition) is 2. The molecule has 0 unspecified atom stereocenters. The maximum atomic E-state index is 4.38. The first-order valence-electron chi connectivity index (χ1n) is 8.25. The molecule has 1 N–H and O–H groups in total. The van der Waals surface area contributed by atoms with Gasteiger partial charge in [0.2, 0.25) is 0 Å². The van der Waals surface area contributed by atoms with Crippen molar-refractivity contribution in [3.05, 3.63) is 18.2 Å². The van der Waals surface area contributed by atoms with Gasteiger partial charge in [-0.3, -0.25) is 0 Å². The zero-order valence-electron chi connectivity index (χ0n) is 13.7. The Morgan fingerprint density at radius 3 is 2.55 bits per heavy atom. The first-order valence-corrected chi connectivity index (χ1v) is 8.25. The summed E-state index contributed by atoms with van der Waals surface area (Å²) in [4.78, 5) is 4.38. The molecule has 0 saturated heterocycles. The van der Waals surface area contributed by atoms with Gasteiger partial charge in [-0.15, -0.1) is 0 Å². The molecule has 0 aliphatic heterocycles. The summed E-state index contributed by atoms with van der Waals surface area (Å²) in [5.41, 5.74) is 1.49. The van der Waals surface area contributed by atoms with Crippen molar-refractivity contribution in [3.8, 4) is 0 Å². The number of nitrogens with one attached hydrogen (secondary N) is 1. The van der Waals surface area contributed by atoms with E-state index >= 15 is 0 Å². The Morgan fingerprint density at radius 1 is 1.25 bits per heavy atom. The standard InChI is InChI=1S/C17H31N3/c1-5-6-14-7-9-15(10-8-14)20-13-18-11-16(20)12-19-17(2,3)4/h11,13-15,19H,5-10,12H2,1-4H3. The van der Waals surface area contributed by atoms with Gasteiger partial charge in [0.15, 0.2) is 0 Å². The lowest BCUT2D eigenvalue weighted by Crippen LogP contribution is -2.36. The molecule has 1 fully saturated rings. The van der Waals surface area contributed by atoms with Crippen LogP contribution in [0.3, 0.4) is 0 Å². The second-order valence-corrected chi connectivity index (χ2v) is 7.36. The predicted octanol–water partition coefficient (Wildman–Crippen LogP) is 4.30. The Hall–Kier alpha value is -0.830. The molecule has 0 atom stereocenters.